The lowest BCUT2D eigenvalue weighted by Gasteiger charge is -2.12. The molecule has 0 saturated carbocycles. The van der Waals surface area contributed by atoms with Crippen LogP contribution < -0.4 is 4.74 Å². The third kappa shape index (κ3) is 3.38. The molecule has 2 aromatic rings. The van der Waals surface area contributed by atoms with Crippen LogP contribution in [0.4, 0.5) is 0 Å². The van der Waals surface area contributed by atoms with E-state index < -0.39 is 5.97 Å². The zero-order valence-corrected chi connectivity index (χ0v) is 11.8. The Morgan fingerprint density at radius 2 is 2.20 bits per heavy atom. The molecule has 0 fully saturated rings. The van der Waals surface area contributed by atoms with E-state index in [1.165, 1.54) is 6.33 Å². The first kappa shape index (κ1) is 14.1. The third-order valence-electron chi connectivity index (χ3n) is 2.78. The average Bonchev–Trinajstić information content (AvgIpc) is 2.78. The summed E-state index contributed by atoms with van der Waals surface area (Å²) in [6.07, 6.45) is 3.39. The molecule has 0 atom stereocenters. The van der Waals surface area contributed by atoms with E-state index >= 15 is 0 Å². The SMILES string of the molecule is Cc1cc(-c2cn(CC(=O)O)cn2)ccc1OC(C)C. The van der Waals surface area contributed by atoms with Gasteiger partial charge in [0.05, 0.1) is 18.1 Å². The van der Waals surface area contributed by atoms with Gasteiger partial charge in [0.25, 0.3) is 0 Å². The van der Waals surface area contributed by atoms with Crippen LogP contribution in [0.25, 0.3) is 11.3 Å². The van der Waals surface area contributed by atoms with Crippen molar-refractivity contribution in [3.05, 3.63) is 36.3 Å². The second kappa shape index (κ2) is 5.77. The molecule has 0 bridgehead atoms. The topological polar surface area (TPSA) is 64.4 Å². The van der Waals surface area contributed by atoms with Crippen molar-refractivity contribution in [3.8, 4) is 17.0 Å². The van der Waals surface area contributed by atoms with Crippen molar-refractivity contribution in [3.63, 3.8) is 0 Å². The summed E-state index contributed by atoms with van der Waals surface area (Å²) < 4.78 is 7.24. The van der Waals surface area contributed by atoms with Gasteiger partial charge in [0.2, 0.25) is 0 Å². The molecule has 5 heteroatoms. The predicted octanol–water partition coefficient (Wildman–Crippen LogP) is 2.73. The first-order valence-electron chi connectivity index (χ1n) is 6.47. The minimum atomic E-state index is -0.884. The standard InChI is InChI=1S/C15H18N2O3/c1-10(2)20-14-5-4-12(6-11(14)3)13-7-17(9-16-13)8-15(18)19/h4-7,9-10H,8H2,1-3H3,(H,18,19). The molecule has 0 aliphatic carbocycles. The maximum Gasteiger partial charge on any atom is 0.323 e. The molecule has 1 heterocycles. The number of hydrogen-bond acceptors (Lipinski definition) is 3. The third-order valence-corrected chi connectivity index (χ3v) is 2.78. The van der Waals surface area contributed by atoms with E-state index in [-0.39, 0.29) is 12.6 Å². The molecule has 0 aliphatic heterocycles. The van der Waals surface area contributed by atoms with Crippen molar-refractivity contribution < 1.29 is 14.6 Å². The van der Waals surface area contributed by atoms with Gasteiger partial charge < -0.3 is 14.4 Å². The fourth-order valence-corrected chi connectivity index (χ4v) is 1.95. The highest BCUT2D eigenvalue weighted by Crippen LogP contribution is 2.25. The van der Waals surface area contributed by atoms with E-state index in [9.17, 15) is 4.79 Å². The summed E-state index contributed by atoms with van der Waals surface area (Å²) in [5.41, 5.74) is 2.73. The summed E-state index contributed by atoms with van der Waals surface area (Å²) in [6, 6.07) is 5.84. The Morgan fingerprint density at radius 1 is 1.45 bits per heavy atom. The molecule has 0 unspecified atom stereocenters. The molecular formula is C15H18N2O3. The lowest BCUT2D eigenvalue weighted by molar-refractivity contribution is -0.137. The molecule has 0 spiro atoms. The van der Waals surface area contributed by atoms with Crippen molar-refractivity contribution in [1.29, 1.82) is 0 Å². The predicted molar refractivity (Wildman–Crippen MR) is 75.8 cm³/mol. The second-order valence-electron chi connectivity index (χ2n) is 4.97. The van der Waals surface area contributed by atoms with E-state index in [0.29, 0.717) is 0 Å². The van der Waals surface area contributed by atoms with Gasteiger partial charge in [-0.05, 0) is 44.5 Å². The van der Waals surface area contributed by atoms with Crippen LogP contribution in [0, 0.1) is 6.92 Å². The Hall–Kier alpha value is -2.30. The summed E-state index contributed by atoms with van der Waals surface area (Å²) in [6.45, 7) is 5.87. The second-order valence-corrected chi connectivity index (χ2v) is 4.97. The van der Waals surface area contributed by atoms with Crippen molar-refractivity contribution in [2.24, 2.45) is 0 Å². The number of aryl methyl sites for hydroxylation is 1. The highest BCUT2D eigenvalue weighted by Gasteiger charge is 2.08. The maximum absolute atomic E-state index is 10.7. The van der Waals surface area contributed by atoms with Gasteiger partial charge in [-0.3, -0.25) is 4.79 Å². The minimum Gasteiger partial charge on any atom is -0.491 e. The van der Waals surface area contributed by atoms with Crippen LogP contribution in [0.1, 0.15) is 19.4 Å². The van der Waals surface area contributed by atoms with Crippen LogP contribution in [0.3, 0.4) is 0 Å². The smallest absolute Gasteiger partial charge is 0.323 e. The Balaban J connectivity index is 2.23. The first-order valence-corrected chi connectivity index (χ1v) is 6.47. The normalized spacial score (nSPS) is 10.8. The highest BCUT2D eigenvalue weighted by atomic mass is 16.5. The zero-order chi connectivity index (χ0) is 14.7. The molecule has 1 N–H and O–H groups in total. The van der Waals surface area contributed by atoms with Crippen LogP contribution in [0.5, 0.6) is 5.75 Å². The monoisotopic (exact) mass is 274 g/mol. The van der Waals surface area contributed by atoms with Crippen LogP contribution in [0.15, 0.2) is 30.7 Å². The average molecular weight is 274 g/mol. The Kier molecular flexibility index (Phi) is 4.08. The number of benzene rings is 1. The molecule has 20 heavy (non-hydrogen) atoms. The largest absolute Gasteiger partial charge is 0.491 e. The lowest BCUT2D eigenvalue weighted by atomic mass is 10.1. The molecule has 0 saturated heterocycles. The maximum atomic E-state index is 10.7. The molecule has 2 rings (SSSR count). The molecule has 1 aromatic heterocycles. The summed E-state index contributed by atoms with van der Waals surface area (Å²) in [5, 5.41) is 8.75. The summed E-state index contributed by atoms with van der Waals surface area (Å²) in [7, 11) is 0. The number of carboxylic acid groups (broad SMARTS) is 1. The van der Waals surface area contributed by atoms with Gasteiger partial charge in [0.1, 0.15) is 12.3 Å². The summed E-state index contributed by atoms with van der Waals surface area (Å²) >= 11 is 0. The van der Waals surface area contributed by atoms with Crippen molar-refractivity contribution in [2.75, 3.05) is 0 Å². The van der Waals surface area contributed by atoms with E-state index in [0.717, 1.165) is 22.6 Å². The minimum absolute atomic E-state index is 0.0828. The summed E-state index contributed by atoms with van der Waals surface area (Å²) in [5.74, 6) is -0.0282. The van der Waals surface area contributed by atoms with E-state index in [1.54, 1.807) is 10.8 Å². The van der Waals surface area contributed by atoms with Crippen LogP contribution in [-0.4, -0.2) is 26.7 Å². The van der Waals surface area contributed by atoms with Crippen LogP contribution in [0.2, 0.25) is 0 Å². The number of aliphatic carboxylic acids is 1. The number of nitrogens with zero attached hydrogens (tertiary/aromatic N) is 2. The number of imidazole rings is 1. The van der Waals surface area contributed by atoms with Gasteiger partial charge in [-0.1, -0.05) is 0 Å². The number of carboxylic acids is 1. The lowest BCUT2D eigenvalue weighted by Crippen LogP contribution is -2.06. The van der Waals surface area contributed by atoms with Gasteiger partial charge in [-0.25, -0.2) is 4.98 Å². The highest BCUT2D eigenvalue weighted by molar-refractivity contribution is 5.67. The molecule has 0 amide bonds. The Bertz CT molecular complexity index is 617. The van der Waals surface area contributed by atoms with Crippen molar-refractivity contribution in [1.82, 2.24) is 9.55 Å². The first-order chi connectivity index (χ1) is 9.45. The van der Waals surface area contributed by atoms with Gasteiger partial charge in [0, 0.05) is 11.8 Å². The number of hydrogen-bond donors (Lipinski definition) is 1. The Morgan fingerprint density at radius 3 is 2.80 bits per heavy atom. The van der Waals surface area contributed by atoms with Gasteiger partial charge in [0.15, 0.2) is 0 Å². The van der Waals surface area contributed by atoms with Gasteiger partial charge in [-0.15, -0.1) is 0 Å². The fourth-order valence-electron chi connectivity index (χ4n) is 1.95. The number of rotatable bonds is 5. The Labute approximate surface area is 117 Å². The van der Waals surface area contributed by atoms with Gasteiger partial charge in [-0.2, -0.15) is 0 Å². The zero-order valence-electron chi connectivity index (χ0n) is 11.8. The van der Waals surface area contributed by atoms with E-state index in [2.05, 4.69) is 4.98 Å². The van der Waals surface area contributed by atoms with Gasteiger partial charge >= 0.3 is 5.97 Å². The van der Waals surface area contributed by atoms with E-state index in [1.807, 2.05) is 39.0 Å². The fraction of sp³-hybridized carbons (Fsp3) is 0.333. The quantitative estimate of drug-likeness (QED) is 0.910. The van der Waals surface area contributed by atoms with Crippen LogP contribution in [-0.2, 0) is 11.3 Å². The molecule has 5 nitrogen and oxygen atoms in total. The van der Waals surface area contributed by atoms with Crippen LogP contribution >= 0.6 is 0 Å². The number of ether oxygens (including phenoxy) is 1. The van der Waals surface area contributed by atoms with E-state index in [4.69, 9.17) is 9.84 Å². The summed E-state index contributed by atoms with van der Waals surface area (Å²) in [4.78, 5) is 14.9. The molecule has 1 aromatic carbocycles. The molecule has 0 radical (unpaired) electrons. The molecular weight excluding hydrogens is 256 g/mol. The van der Waals surface area contributed by atoms with Crippen molar-refractivity contribution >= 4 is 5.97 Å². The molecule has 0 aliphatic rings. The molecule has 106 valence electrons. The number of aromatic nitrogens is 2. The number of carbonyl (C=O) groups is 1. The van der Waals surface area contributed by atoms with Crippen molar-refractivity contribution in [2.45, 2.75) is 33.4 Å².